The number of amides is 1. The number of halogens is 1. The van der Waals surface area contributed by atoms with Crippen LogP contribution in [0.1, 0.15) is 23.2 Å². The van der Waals surface area contributed by atoms with Crippen LogP contribution in [0.2, 0.25) is 0 Å². The van der Waals surface area contributed by atoms with Crippen LogP contribution in [-0.4, -0.2) is 48.4 Å². The minimum Gasteiger partial charge on any atom is -0.337 e. The number of carbonyl (C=O) groups excluding carboxylic acids is 1. The van der Waals surface area contributed by atoms with E-state index in [0.717, 1.165) is 30.8 Å². The number of fused-ring (bicyclic) bond motifs is 4. The summed E-state index contributed by atoms with van der Waals surface area (Å²) < 4.78 is 13.1. The van der Waals surface area contributed by atoms with Crippen molar-refractivity contribution in [2.45, 2.75) is 18.9 Å². The van der Waals surface area contributed by atoms with Gasteiger partial charge < -0.3 is 9.80 Å². The molecule has 3 fully saturated rings. The fraction of sp³-hybridized carbons (Fsp3) is 0.381. The van der Waals surface area contributed by atoms with Gasteiger partial charge in [0.05, 0.1) is 0 Å². The van der Waals surface area contributed by atoms with E-state index in [2.05, 4.69) is 11.9 Å². The fourth-order valence-corrected chi connectivity index (χ4v) is 4.14. The summed E-state index contributed by atoms with van der Waals surface area (Å²) >= 11 is 0. The van der Waals surface area contributed by atoms with Crippen molar-refractivity contribution >= 4 is 5.91 Å². The van der Waals surface area contributed by atoms with E-state index >= 15 is 0 Å². The highest BCUT2D eigenvalue weighted by Gasteiger charge is 2.34. The lowest BCUT2D eigenvalue weighted by Gasteiger charge is -2.32. The summed E-state index contributed by atoms with van der Waals surface area (Å²) in [6.07, 6.45) is 2.40. The third-order valence-corrected chi connectivity index (χ3v) is 5.56. The van der Waals surface area contributed by atoms with Crippen LogP contribution < -0.4 is 0 Å². The zero-order valence-corrected chi connectivity index (χ0v) is 14.5. The maximum absolute atomic E-state index is 13.1. The molecule has 0 N–H and O–H groups in total. The lowest BCUT2D eigenvalue weighted by Crippen LogP contribution is -2.41. The van der Waals surface area contributed by atoms with Crippen LogP contribution in [0.15, 0.2) is 48.5 Å². The third-order valence-electron chi connectivity index (χ3n) is 5.56. The molecule has 5 rings (SSSR count). The molecule has 1 amide bonds. The van der Waals surface area contributed by atoms with E-state index in [1.54, 1.807) is 12.1 Å². The Morgan fingerprint density at radius 1 is 1.00 bits per heavy atom. The standard InChI is InChI=1S/C21H23FN2O/c1-23-12-15-5-10-20(23)14-24(13-15)21(25)18-4-2-3-17(11-18)16-6-8-19(22)9-7-16/h2-4,6-9,11,15,20H,5,10,12-14H2,1H3/t15-,20-/m1/s1. The van der Waals surface area contributed by atoms with Crippen molar-refractivity contribution in [3.8, 4) is 11.1 Å². The molecule has 2 aromatic carbocycles. The van der Waals surface area contributed by atoms with Gasteiger partial charge in [0.25, 0.3) is 5.91 Å². The summed E-state index contributed by atoms with van der Waals surface area (Å²) in [6, 6.07) is 14.5. The Labute approximate surface area is 148 Å². The average molecular weight is 338 g/mol. The molecule has 0 radical (unpaired) electrons. The lowest BCUT2D eigenvalue weighted by molar-refractivity contribution is 0.0742. The summed E-state index contributed by atoms with van der Waals surface area (Å²) in [5.41, 5.74) is 2.58. The summed E-state index contributed by atoms with van der Waals surface area (Å²) in [5.74, 6) is 0.435. The molecular weight excluding hydrogens is 315 g/mol. The van der Waals surface area contributed by atoms with Crippen LogP contribution >= 0.6 is 0 Å². The van der Waals surface area contributed by atoms with Gasteiger partial charge in [-0.05, 0) is 61.2 Å². The summed E-state index contributed by atoms with van der Waals surface area (Å²) in [6.45, 7) is 2.75. The van der Waals surface area contributed by atoms with Gasteiger partial charge in [-0.25, -0.2) is 4.39 Å². The number of hydrogen-bond acceptors (Lipinski definition) is 2. The number of rotatable bonds is 2. The number of benzene rings is 2. The predicted molar refractivity (Wildman–Crippen MR) is 96.9 cm³/mol. The molecule has 3 heterocycles. The van der Waals surface area contributed by atoms with Gasteiger partial charge in [-0.15, -0.1) is 0 Å². The second kappa shape index (κ2) is 6.60. The van der Waals surface area contributed by atoms with Crippen molar-refractivity contribution in [2.24, 2.45) is 5.92 Å². The van der Waals surface area contributed by atoms with Gasteiger partial charge in [-0.3, -0.25) is 4.79 Å². The van der Waals surface area contributed by atoms with Gasteiger partial charge in [0.2, 0.25) is 0 Å². The SMILES string of the molecule is CN1C[C@H]2CC[C@@H]1CN(C(=O)c1cccc(-c3ccc(F)cc3)c1)C2. The number of carbonyl (C=O) groups is 1. The van der Waals surface area contributed by atoms with Gasteiger partial charge in [-0.1, -0.05) is 24.3 Å². The van der Waals surface area contributed by atoms with Crippen LogP contribution in [0.3, 0.4) is 0 Å². The summed E-state index contributed by atoms with van der Waals surface area (Å²) in [7, 11) is 2.17. The Kier molecular flexibility index (Phi) is 4.30. The number of likely N-dealkylation sites (N-methyl/N-ethyl adjacent to an activating group) is 1. The maximum atomic E-state index is 13.1. The second-order valence-electron chi connectivity index (χ2n) is 7.33. The molecular formula is C21H23FN2O. The minimum absolute atomic E-state index is 0.108. The van der Waals surface area contributed by atoms with Gasteiger partial charge in [-0.2, -0.15) is 0 Å². The molecule has 0 aromatic heterocycles. The van der Waals surface area contributed by atoms with E-state index in [4.69, 9.17) is 0 Å². The fourth-order valence-electron chi connectivity index (χ4n) is 4.14. The molecule has 4 heteroatoms. The van der Waals surface area contributed by atoms with Crippen molar-refractivity contribution in [3.63, 3.8) is 0 Å². The molecule has 0 unspecified atom stereocenters. The molecule has 2 bridgehead atoms. The van der Waals surface area contributed by atoms with Crippen molar-refractivity contribution in [3.05, 3.63) is 59.9 Å². The Hall–Kier alpha value is -2.20. The van der Waals surface area contributed by atoms with Crippen LogP contribution in [0, 0.1) is 11.7 Å². The molecule has 0 aliphatic carbocycles. The first-order valence-electron chi connectivity index (χ1n) is 8.95. The molecule has 0 saturated carbocycles. The van der Waals surface area contributed by atoms with Crippen molar-refractivity contribution in [1.82, 2.24) is 9.80 Å². The smallest absolute Gasteiger partial charge is 0.253 e. The largest absolute Gasteiger partial charge is 0.337 e. The van der Waals surface area contributed by atoms with Crippen LogP contribution in [-0.2, 0) is 0 Å². The monoisotopic (exact) mass is 338 g/mol. The zero-order chi connectivity index (χ0) is 17.4. The predicted octanol–water partition coefficient (Wildman–Crippen LogP) is 3.66. The Balaban J connectivity index is 1.58. The average Bonchev–Trinajstić information content (AvgIpc) is 2.93. The summed E-state index contributed by atoms with van der Waals surface area (Å²) in [4.78, 5) is 17.5. The Bertz CT molecular complexity index is 774. The quantitative estimate of drug-likeness (QED) is 0.834. The number of piperidine rings is 1. The van der Waals surface area contributed by atoms with Crippen LogP contribution in [0.5, 0.6) is 0 Å². The van der Waals surface area contributed by atoms with Gasteiger partial charge in [0.1, 0.15) is 5.82 Å². The van der Waals surface area contributed by atoms with Gasteiger partial charge in [0.15, 0.2) is 0 Å². The molecule has 0 spiro atoms. The highest BCUT2D eigenvalue weighted by atomic mass is 19.1. The first-order valence-corrected chi connectivity index (χ1v) is 8.95. The molecule has 2 atom stereocenters. The minimum atomic E-state index is -0.250. The van der Waals surface area contributed by atoms with Crippen molar-refractivity contribution in [2.75, 3.05) is 26.7 Å². The van der Waals surface area contributed by atoms with Gasteiger partial charge >= 0.3 is 0 Å². The molecule has 3 aliphatic rings. The van der Waals surface area contributed by atoms with E-state index in [9.17, 15) is 9.18 Å². The van der Waals surface area contributed by atoms with Crippen LogP contribution in [0.25, 0.3) is 11.1 Å². The van der Waals surface area contributed by atoms with Crippen molar-refractivity contribution in [1.29, 1.82) is 0 Å². The van der Waals surface area contributed by atoms with E-state index in [0.29, 0.717) is 17.5 Å². The van der Waals surface area contributed by atoms with Crippen LogP contribution in [0.4, 0.5) is 4.39 Å². The molecule has 25 heavy (non-hydrogen) atoms. The first-order chi connectivity index (χ1) is 12.1. The van der Waals surface area contributed by atoms with Gasteiger partial charge in [0, 0.05) is 31.2 Å². The Morgan fingerprint density at radius 3 is 2.56 bits per heavy atom. The summed E-state index contributed by atoms with van der Waals surface area (Å²) in [5, 5.41) is 0. The molecule has 130 valence electrons. The topological polar surface area (TPSA) is 23.6 Å². The normalized spacial score (nSPS) is 23.5. The molecule has 2 aromatic rings. The number of nitrogens with zero attached hydrogens (tertiary/aromatic N) is 2. The molecule has 3 aliphatic heterocycles. The number of hydrogen-bond donors (Lipinski definition) is 0. The lowest BCUT2D eigenvalue weighted by atomic mass is 9.96. The Morgan fingerprint density at radius 2 is 1.80 bits per heavy atom. The van der Waals surface area contributed by atoms with E-state index in [-0.39, 0.29) is 11.7 Å². The molecule has 3 nitrogen and oxygen atoms in total. The first kappa shape index (κ1) is 16.3. The van der Waals surface area contributed by atoms with Crippen molar-refractivity contribution < 1.29 is 9.18 Å². The van der Waals surface area contributed by atoms with E-state index in [1.165, 1.54) is 25.0 Å². The van der Waals surface area contributed by atoms with E-state index in [1.807, 2.05) is 29.2 Å². The molecule has 3 saturated heterocycles. The third kappa shape index (κ3) is 3.31. The second-order valence-corrected chi connectivity index (χ2v) is 7.33. The maximum Gasteiger partial charge on any atom is 0.253 e. The zero-order valence-electron chi connectivity index (χ0n) is 14.5. The highest BCUT2D eigenvalue weighted by Crippen LogP contribution is 2.28. The highest BCUT2D eigenvalue weighted by molar-refractivity contribution is 5.95. The van der Waals surface area contributed by atoms with E-state index < -0.39 is 0 Å².